The minimum absolute atomic E-state index is 0.0508. The fourth-order valence-electron chi connectivity index (χ4n) is 1.31. The Labute approximate surface area is 90.7 Å². The molecule has 1 aromatic carbocycles. The Hall–Kier alpha value is -1.69. The molecule has 1 atom stereocenters. The van der Waals surface area contributed by atoms with E-state index in [0.717, 1.165) is 17.9 Å². The first-order valence-electron chi connectivity index (χ1n) is 5.08. The largest absolute Gasteiger partial charge is 0.495 e. The summed E-state index contributed by atoms with van der Waals surface area (Å²) in [5.41, 5.74) is 0.939. The van der Waals surface area contributed by atoms with Crippen molar-refractivity contribution >= 4 is 5.69 Å². The number of para-hydroxylation sites is 2. The van der Waals surface area contributed by atoms with Crippen molar-refractivity contribution in [3.63, 3.8) is 0 Å². The third-order valence-electron chi connectivity index (χ3n) is 2.32. The van der Waals surface area contributed by atoms with E-state index in [1.54, 1.807) is 7.11 Å². The van der Waals surface area contributed by atoms with Gasteiger partial charge in [-0.1, -0.05) is 19.1 Å². The summed E-state index contributed by atoms with van der Waals surface area (Å²) in [7, 11) is 1.64. The van der Waals surface area contributed by atoms with E-state index in [4.69, 9.17) is 10.00 Å². The van der Waals surface area contributed by atoms with Gasteiger partial charge in [0.2, 0.25) is 0 Å². The number of hydrogen-bond donors (Lipinski definition) is 1. The van der Waals surface area contributed by atoms with Crippen molar-refractivity contribution < 1.29 is 4.74 Å². The van der Waals surface area contributed by atoms with Crippen molar-refractivity contribution in [2.75, 3.05) is 19.0 Å². The molecule has 1 rings (SSSR count). The lowest BCUT2D eigenvalue weighted by Crippen LogP contribution is -2.12. The minimum Gasteiger partial charge on any atom is -0.495 e. The number of nitriles is 1. The fourth-order valence-corrected chi connectivity index (χ4v) is 1.31. The topological polar surface area (TPSA) is 45.0 Å². The van der Waals surface area contributed by atoms with Gasteiger partial charge in [0.25, 0.3) is 0 Å². The van der Waals surface area contributed by atoms with E-state index in [2.05, 4.69) is 11.4 Å². The van der Waals surface area contributed by atoms with Crippen molar-refractivity contribution in [1.29, 1.82) is 5.26 Å². The van der Waals surface area contributed by atoms with Crippen LogP contribution in [0.4, 0.5) is 5.69 Å². The summed E-state index contributed by atoms with van der Waals surface area (Å²) >= 11 is 0. The molecule has 3 heteroatoms. The second kappa shape index (κ2) is 5.92. The highest BCUT2D eigenvalue weighted by molar-refractivity contribution is 5.56. The zero-order chi connectivity index (χ0) is 11.1. The molecule has 0 aliphatic rings. The Morgan fingerprint density at radius 1 is 1.47 bits per heavy atom. The smallest absolute Gasteiger partial charge is 0.141 e. The van der Waals surface area contributed by atoms with Crippen molar-refractivity contribution in [2.45, 2.75) is 13.3 Å². The maximum atomic E-state index is 8.81. The van der Waals surface area contributed by atoms with Gasteiger partial charge in [0.1, 0.15) is 5.75 Å². The van der Waals surface area contributed by atoms with E-state index >= 15 is 0 Å². The molecule has 0 saturated carbocycles. The van der Waals surface area contributed by atoms with Crippen LogP contribution < -0.4 is 10.1 Å². The molecule has 0 radical (unpaired) electrons. The van der Waals surface area contributed by atoms with Crippen molar-refractivity contribution in [3.8, 4) is 11.8 Å². The van der Waals surface area contributed by atoms with E-state index in [-0.39, 0.29) is 5.92 Å². The molecule has 0 saturated heterocycles. The molecule has 0 fully saturated rings. The summed E-state index contributed by atoms with van der Waals surface area (Å²) in [6.45, 7) is 2.67. The lowest BCUT2D eigenvalue weighted by molar-refractivity contribution is 0.416. The molecule has 3 nitrogen and oxygen atoms in total. The average molecular weight is 204 g/mol. The number of rotatable bonds is 5. The predicted octanol–water partition coefficient (Wildman–Crippen LogP) is 2.66. The Balaban J connectivity index is 2.61. The highest BCUT2D eigenvalue weighted by Crippen LogP contribution is 2.23. The average Bonchev–Trinajstić information content (AvgIpc) is 2.31. The Morgan fingerprint density at radius 2 is 2.20 bits per heavy atom. The van der Waals surface area contributed by atoms with Gasteiger partial charge in [-0.25, -0.2) is 0 Å². The summed E-state index contributed by atoms with van der Waals surface area (Å²) < 4.78 is 5.20. The molecule has 0 aromatic heterocycles. The van der Waals surface area contributed by atoms with Gasteiger partial charge in [-0.2, -0.15) is 5.26 Å². The first-order valence-corrected chi connectivity index (χ1v) is 5.08. The third-order valence-corrected chi connectivity index (χ3v) is 2.32. The fraction of sp³-hybridized carbons (Fsp3) is 0.417. The Kier molecular flexibility index (Phi) is 4.49. The van der Waals surface area contributed by atoms with E-state index in [1.807, 2.05) is 31.2 Å². The molecule has 0 amide bonds. The van der Waals surface area contributed by atoms with Crippen LogP contribution in [0, 0.1) is 17.2 Å². The van der Waals surface area contributed by atoms with Crippen LogP contribution in [0.3, 0.4) is 0 Å². The van der Waals surface area contributed by atoms with Crippen LogP contribution in [-0.4, -0.2) is 13.7 Å². The molecule has 15 heavy (non-hydrogen) atoms. The van der Waals surface area contributed by atoms with Gasteiger partial charge in [-0.05, 0) is 18.6 Å². The quantitative estimate of drug-likeness (QED) is 0.802. The minimum atomic E-state index is 0.0508. The summed E-state index contributed by atoms with van der Waals surface area (Å²) in [4.78, 5) is 0. The van der Waals surface area contributed by atoms with Gasteiger partial charge < -0.3 is 10.1 Å². The number of nitrogens with zero attached hydrogens (tertiary/aromatic N) is 1. The molecular weight excluding hydrogens is 188 g/mol. The van der Waals surface area contributed by atoms with Crippen LogP contribution in [0.1, 0.15) is 13.3 Å². The molecule has 0 aliphatic carbocycles. The van der Waals surface area contributed by atoms with Gasteiger partial charge in [0, 0.05) is 6.54 Å². The normalized spacial score (nSPS) is 11.5. The standard InChI is InChI=1S/C12H16N2O/c1-3-10(8-13)9-14-11-6-4-5-7-12(11)15-2/h4-7,10,14H,3,9H2,1-2H3. The molecule has 0 spiro atoms. The SMILES string of the molecule is CCC(C#N)CNc1ccccc1OC. The van der Waals surface area contributed by atoms with Crippen molar-refractivity contribution in [3.05, 3.63) is 24.3 Å². The second-order valence-corrected chi connectivity index (χ2v) is 3.32. The van der Waals surface area contributed by atoms with E-state index in [1.165, 1.54) is 0 Å². The molecule has 80 valence electrons. The van der Waals surface area contributed by atoms with Gasteiger partial charge in [-0.3, -0.25) is 0 Å². The van der Waals surface area contributed by atoms with Crippen LogP contribution in [-0.2, 0) is 0 Å². The molecular formula is C12H16N2O. The van der Waals surface area contributed by atoms with Crippen LogP contribution >= 0.6 is 0 Å². The highest BCUT2D eigenvalue weighted by atomic mass is 16.5. The molecule has 0 aliphatic heterocycles. The number of anilines is 1. The molecule has 1 aromatic rings. The van der Waals surface area contributed by atoms with Crippen LogP contribution in [0.25, 0.3) is 0 Å². The Morgan fingerprint density at radius 3 is 2.80 bits per heavy atom. The summed E-state index contributed by atoms with van der Waals surface area (Å²) in [6, 6.07) is 9.97. The number of methoxy groups -OCH3 is 1. The molecule has 0 heterocycles. The summed E-state index contributed by atoms with van der Waals surface area (Å²) in [5, 5.41) is 12.0. The molecule has 1 N–H and O–H groups in total. The van der Waals surface area contributed by atoms with Gasteiger partial charge in [0.05, 0.1) is 24.8 Å². The lowest BCUT2D eigenvalue weighted by atomic mass is 10.1. The maximum absolute atomic E-state index is 8.81. The zero-order valence-electron chi connectivity index (χ0n) is 9.16. The van der Waals surface area contributed by atoms with E-state index in [0.29, 0.717) is 6.54 Å². The second-order valence-electron chi connectivity index (χ2n) is 3.32. The van der Waals surface area contributed by atoms with Crippen LogP contribution in [0.5, 0.6) is 5.75 Å². The molecule has 0 bridgehead atoms. The van der Waals surface area contributed by atoms with Gasteiger partial charge in [0.15, 0.2) is 0 Å². The first kappa shape index (κ1) is 11.4. The monoisotopic (exact) mass is 204 g/mol. The van der Waals surface area contributed by atoms with E-state index < -0.39 is 0 Å². The highest BCUT2D eigenvalue weighted by Gasteiger charge is 2.05. The number of benzene rings is 1. The number of ether oxygens (including phenoxy) is 1. The Bertz CT molecular complexity index is 344. The predicted molar refractivity (Wildman–Crippen MR) is 60.9 cm³/mol. The molecule has 1 unspecified atom stereocenters. The number of nitrogens with one attached hydrogen (secondary N) is 1. The summed E-state index contributed by atoms with van der Waals surface area (Å²) in [6.07, 6.45) is 0.860. The van der Waals surface area contributed by atoms with Crippen molar-refractivity contribution in [2.24, 2.45) is 5.92 Å². The van der Waals surface area contributed by atoms with Crippen LogP contribution in [0.15, 0.2) is 24.3 Å². The van der Waals surface area contributed by atoms with Gasteiger partial charge in [-0.15, -0.1) is 0 Å². The van der Waals surface area contributed by atoms with Gasteiger partial charge >= 0.3 is 0 Å². The van der Waals surface area contributed by atoms with Crippen LogP contribution in [0.2, 0.25) is 0 Å². The zero-order valence-corrected chi connectivity index (χ0v) is 9.16. The first-order chi connectivity index (χ1) is 7.31. The third kappa shape index (κ3) is 3.17. The lowest BCUT2D eigenvalue weighted by Gasteiger charge is -2.12. The van der Waals surface area contributed by atoms with Crippen molar-refractivity contribution in [1.82, 2.24) is 0 Å². The number of hydrogen-bond acceptors (Lipinski definition) is 3. The summed E-state index contributed by atoms with van der Waals surface area (Å²) in [5.74, 6) is 0.861. The van der Waals surface area contributed by atoms with E-state index in [9.17, 15) is 0 Å². The maximum Gasteiger partial charge on any atom is 0.141 e.